The highest BCUT2D eigenvalue weighted by Gasteiger charge is 2.23. The minimum Gasteiger partial charge on any atom is -0.380 e. The molecule has 2 aliphatic heterocycles. The molecule has 1 atom stereocenters. The number of rotatable bonds is 5. The summed E-state index contributed by atoms with van der Waals surface area (Å²) in [5, 5.41) is 8.90. The van der Waals surface area contributed by atoms with Gasteiger partial charge in [-0.3, -0.25) is 4.79 Å². The van der Waals surface area contributed by atoms with Crippen LogP contribution in [0.25, 0.3) is 5.57 Å². The molecular formula is C20H20FN3O2. The van der Waals surface area contributed by atoms with Crippen molar-refractivity contribution in [3.63, 3.8) is 0 Å². The van der Waals surface area contributed by atoms with E-state index in [4.69, 9.17) is 4.74 Å². The first-order chi connectivity index (χ1) is 12.7. The maximum Gasteiger partial charge on any atom is 0.257 e. The minimum absolute atomic E-state index is 0.151. The first-order valence-corrected chi connectivity index (χ1v) is 8.73. The fraction of sp³-hybridized carbons (Fsp3) is 0.250. The number of carbonyl (C=O) groups is 1. The normalized spacial score (nSPS) is 20.1. The molecule has 2 aromatic carbocycles. The molecule has 4 rings (SSSR count). The van der Waals surface area contributed by atoms with E-state index in [9.17, 15) is 9.18 Å². The van der Waals surface area contributed by atoms with Gasteiger partial charge in [0.1, 0.15) is 5.82 Å². The molecule has 1 unspecified atom stereocenters. The molecule has 0 bridgehead atoms. The lowest BCUT2D eigenvalue weighted by molar-refractivity contribution is -0.110. The summed E-state index contributed by atoms with van der Waals surface area (Å²) in [5.41, 5.74) is 3.17. The maximum absolute atomic E-state index is 14.3. The van der Waals surface area contributed by atoms with Crippen LogP contribution >= 0.6 is 0 Å². The van der Waals surface area contributed by atoms with E-state index in [1.165, 1.54) is 6.07 Å². The van der Waals surface area contributed by atoms with Crippen LogP contribution in [0.4, 0.5) is 21.5 Å². The van der Waals surface area contributed by atoms with Gasteiger partial charge in [-0.15, -0.1) is 0 Å². The Kier molecular flexibility index (Phi) is 4.58. The molecule has 0 aliphatic carbocycles. The van der Waals surface area contributed by atoms with Crippen LogP contribution < -0.4 is 16.0 Å². The van der Waals surface area contributed by atoms with Gasteiger partial charge >= 0.3 is 0 Å². The van der Waals surface area contributed by atoms with E-state index < -0.39 is 0 Å². The number of hydrogen-bond acceptors (Lipinski definition) is 4. The first kappa shape index (κ1) is 16.6. The predicted molar refractivity (Wildman–Crippen MR) is 101 cm³/mol. The molecule has 2 aromatic rings. The van der Waals surface area contributed by atoms with E-state index in [-0.39, 0.29) is 17.8 Å². The standard InChI is InChI=1S/C20H20FN3O2/c21-17-10-13(7-8-19(17)23-11-14-4-3-9-26-14)22-12-16-15-5-1-2-6-18(15)24-20(16)25/h1-2,5-8,10,12,14,22-23H,3-4,9,11H2,(H,24,25)/b16-12+. The highest BCUT2D eigenvalue weighted by Crippen LogP contribution is 2.31. The van der Waals surface area contributed by atoms with Gasteiger partial charge in [0.15, 0.2) is 0 Å². The molecule has 0 saturated carbocycles. The summed E-state index contributed by atoms with van der Waals surface area (Å²) in [6.07, 6.45) is 3.82. The van der Waals surface area contributed by atoms with Crippen LogP contribution in [-0.4, -0.2) is 25.2 Å². The van der Waals surface area contributed by atoms with Crippen LogP contribution in [0.3, 0.4) is 0 Å². The second kappa shape index (κ2) is 7.17. The van der Waals surface area contributed by atoms with Crippen molar-refractivity contribution in [3.05, 3.63) is 60.0 Å². The van der Waals surface area contributed by atoms with Crippen LogP contribution in [-0.2, 0) is 9.53 Å². The van der Waals surface area contributed by atoms with Gasteiger partial charge in [-0.1, -0.05) is 18.2 Å². The number of hydrogen-bond donors (Lipinski definition) is 3. The Labute approximate surface area is 151 Å². The van der Waals surface area contributed by atoms with Crippen molar-refractivity contribution in [2.45, 2.75) is 18.9 Å². The molecule has 0 spiro atoms. The van der Waals surface area contributed by atoms with Gasteiger partial charge in [-0.2, -0.15) is 0 Å². The zero-order chi connectivity index (χ0) is 17.9. The number of carbonyl (C=O) groups excluding carboxylic acids is 1. The molecular weight excluding hydrogens is 333 g/mol. The molecule has 1 saturated heterocycles. The predicted octanol–water partition coefficient (Wildman–Crippen LogP) is 3.82. The number of benzene rings is 2. The molecule has 6 heteroatoms. The highest BCUT2D eigenvalue weighted by atomic mass is 19.1. The lowest BCUT2D eigenvalue weighted by Crippen LogP contribution is -2.18. The molecule has 134 valence electrons. The van der Waals surface area contributed by atoms with Crippen molar-refractivity contribution < 1.29 is 13.9 Å². The Morgan fingerprint density at radius 1 is 1.27 bits per heavy atom. The SMILES string of the molecule is O=C1Nc2ccccc2/C1=C\Nc1ccc(NCC2CCCO2)c(F)c1. The molecule has 3 N–H and O–H groups in total. The van der Waals surface area contributed by atoms with Crippen molar-refractivity contribution >= 4 is 28.5 Å². The van der Waals surface area contributed by atoms with Crippen molar-refractivity contribution in [1.29, 1.82) is 0 Å². The molecule has 26 heavy (non-hydrogen) atoms. The summed E-state index contributed by atoms with van der Waals surface area (Å²) in [6.45, 7) is 1.38. The smallest absolute Gasteiger partial charge is 0.257 e. The van der Waals surface area contributed by atoms with Crippen molar-refractivity contribution in [2.75, 3.05) is 29.1 Å². The Morgan fingerprint density at radius 2 is 2.15 bits per heavy atom. The second-order valence-electron chi connectivity index (χ2n) is 6.41. The first-order valence-electron chi connectivity index (χ1n) is 8.73. The average Bonchev–Trinajstić information content (AvgIpc) is 3.26. The summed E-state index contributed by atoms with van der Waals surface area (Å²) in [5.74, 6) is -0.517. The number of halogens is 1. The Bertz CT molecular complexity index is 860. The van der Waals surface area contributed by atoms with Gasteiger partial charge < -0.3 is 20.7 Å². The lowest BCUT2D eigenvalue weighted by Gasteiger charge is -2.13. The summed E-state index contributed by atoms with van der Waals surface area (Å²) in [7, 11) is 0. The van der Waals surface area contributed by atoms with E-state index in [1.807, 2.05) is 24.3 Å². The Hall–Kier alpha value is -2.86. The summed E-state index contributed by atoms with van der Waals surface area (Å²) < 4.78 is 19.8. The molecule has 1 amide bonds. The zero-order valence-electron chi connectivity index (χ0n) is 14.2. The Balaban J connectivity index is 1.44. The number of nitrogens with one attached hydrogen (secondary N) is 3. The summed E-state index contributed by atoms with van der Waals surface area (Å²) in [4.78, 5) is 12.1. The van der Waals surface area contributed by atoms with E-state index >= 15 is 0 Å². The monoisotopic (exact) mass is 353 g/mol. The van der Waals surface area contributed by atoms with E-state index in [2.05, 4.69) is 16.0 Å². The summed E-state index contributed by atoms with van der Waals surface area (Å²) in [6, 6.07) is 12.3. The molecule has 0 aromatic heterocycles. The van der Waals surface area contributed by atoms with Crippen molar-refractivity contribution in [2.24, 2.45) is 0 Å². The van der Waals surface area contributed by atoms with Crippen LogP contribution in [0, 0.1) is 5.82 Å². The molecule has 0 radical (unpaired) electrons. The van der Waals surface area contributed by atoms with Crippen molar-refractivity contribution in [3.8, 4) is 0 Å². The number of fused-ring (bicyclic) bond motifs is 1. The minimum atomic E-state index is -0.345. The van der Waals surface area contributed by atoms with Crippen LogP contribution in [0.1, 0.15) is 18.4 Å². The van der Waals surface area contributed by atoms with E-state index in [1.54, 1.807) is 18.3 Å². The Morgan fingerprint density at radius 3 is 2.96 bits per heavy atom. The quantitative estimate of drug-likeness (QED) is 0.715. The third-order valence-electron chi connectivity index (χ3n) is 4.61. The van der Waals surface area contributed by atoms with Gasteiger partial charge in [0.2, 0.25) is 0 Å². The van der Waals surface area contributed by atoms with Gasteiger partial charge in [-0.05, 0) is 37.1 Å². The largest absolute Gasteiger partial charge is 0.380 e. The summed E-state index contributed by atoms with van der Waals surface area (Å²) >= 11 is 0. The fourth-order valence-corrected chi connectivity index (χ4v) is 3.22. The van der Waals surface area contributed by atoms with Crippen molar-refractivity contribution in [1.82, 2.24) is 0 Å². The number of anilines is 3. The number of para-hydroxylation sites is 1. The van der Waals surface area contributed by atoms with E-state index in [0.717, 1.165) is 30.7 Å². The van der Waals surface area contributed by atoms with E-state index in [0.29, 0.717) is 23.5 Å². The molecule has 2 heterocycles. The van der Waals surface area contributed by atoms with Gasteiger partial charge in [0.05, 0.1) is 17.4 Å². The molecule has 5 nitrogen and oxygen atoms in total. The molecule has 2 aliphatic rings. The number of amides is 1. The van der Waals surface area contributed by atoms with Crippen LogP contribution in [0.15, 0.2) is 48.7 Å². The zero-order valence-corrected chi connectivity index (χ0v) is 14.2. The van der Waals surface area contributed by atoms with Crippen LogP contribution in [0.5, 0.6) is 0 Å². The third kappa shape index (κ3) is 3.41. The highest BCUT2D eigenvalue weighted by molar-refractivity contribution is 6.31. The second-order valence-corrected chi connectivity index (χ2v) is 6.41. The number of ether oxygens (including phenoxy) is 1. The van der Waals surface area contributed by atoms with Gasteiger partial charge in [0.25, 0.3) is 5.91 Å². The topological polar surface area (TPSA) is 62.4 Å². The van der Waals surface area contributed by atoms with Gasteiger partial charge in [0, 0.05) is 36.3 Å². The third-order valence-corrected chi connectivity index (χ3v) is 4.61. The average molecular weight is 353 g/mol. The molecule has 1 fully saturated rings. The van der Waals surface area contributed by atoms with Crippen LogP contribution in [0.2, 0.25) is 0 Å². The lowest BCUT2D eigenvalue weighted by atomic mass is 10.1. The maximum atomic E-state index is 14.3. The fourth-order valence-electron chi connectivity index (χ4n) is 3.22. The van der Waals surface area contributed by atoms with Gasteiger partial charge in [-0.25, -0.2) is 4.39 Å².